The molecule has 2 amide bonds. The van der Waals surface area contributed by atoms with Gasteiger partial charge in [-0.25, -0.2) is 9.36 Å². The van der Waals surface area contributed by atoms with Crippen LogP contribution in [0.2, 0.25) is 0 Å². The van der Waals surface area contributed by atoms with Crippen LogP contribution in [0.1, 0.15) is 103 Å². The van der Waals surface area contributed by atoms with E-state index in [0.29, 0.717) is 25.8 Å². The quantitative estimate of drug-likeness (QED) is 0.0853. The summed E-state index contributed by atoms with van der Waals surface area (Å²) < 4.78 is 26.1. The molecule has 2 rings (SSSR count). The zero-order chi connectivity index (χ0) is 29.2. The summed E-state index contributed by atoms with van der Waals surface area (Å²) in [5.74, 6) is -2.11. The van der Waals surface area contributed by atoms with Gasteiger partial charge in [0.15, 0.2) is 0 Å². The minimum absolute atomic E-state index is 0.0309. The van der Waals surface area contributed by atoms with Crippen molar-refractivity contribution >= 4 is 31.6 Å². The Morgan fingerprint density at radius 1 is 0.800 bits per heavy atom. The van der Waals surface area contributed by atoms with Crippen molar-refractivity contribution in [2.24, 2.45) is 0 Å². The molecule has 0 spiro atoms. The Bertz CT molecular complexity index is 879. The SMILES string of the molecule is O=C(/C=C/C(=O)N[C@@H](CCC(=O)OC1CCCCC1)C(=O)OC1CCCCC1)NCCCCCCOP(=O)(O)O. The minimum Gasteiger partial charge on any atom is -0.462 e. The molecule has 0 aromatic carbocycles. The molecule has 0 aliphatic heterocycles. The molecule has 0 aromatic heterocycles. The van der Waals surface area contributed by atoms with Crippen molar-refractivity contribution in [3.05, 3.63) is 12.2 Å². The Hall–Kier alpha value is -2.27. The number of esters is 2. The summed E-state index contributed by atoms with van der Waals surface area (Å²) in [6, 6.07) is -1.03. The normalized spacial score (nSPS) is 17.8. The molecular formula is C27H45N2O10P. The fourth-order valence-corrected chi connectivity index (χ4v) is 5.14. The number of carbonyl (C=O) groups excluding carboxylic acids is 4. The number of hydrogen-bond donors (Lipinski definition) is 4. The number of unbranched alkanes of at least 4 members (excludes halogenated alkanes) is 3. The van der Waals surface area contributed by atoms with Crippen LogP contribution in [0.15, 0.2) is 12.2 Å². The van der Waals surface area contributed by atoms with Crippen molar-refractivity contribution in [1.82, 2.24) is 10.6 Å². The van der Waals surface area contributed by atoms with E-state index in [1.807, 2.05) is 0 Å². The van der Waals surface area contributed by atoms with Crippen LogP contribution in [0.3, 0.4) is 0 Å². The second-order valence-electron chi connectivity index (χ2n) is 10.4. The van der Waals surface area contributed by atoms with Gasteiger partial charge in [0.25, 0.3) is 0 Å². The lowest BCUT2D eigenvalue weighted by Gasteiger charge is -2.25. The molecule has 2 fully saturated rings. The second-order valence-corrected chi connectivity index (χ2v) is 11.6. The molecule has 2 aliphatic carbocycles. The van der Waals surface area contributed by atoms with Gasteiger partial charge in [0, 0.05) is 25.1 Å². The maximum absolute atomic E-state index is 12.9. The second kappa shape index (κ2) is 19.0. The molecule has 0 bridgehead atoms. The van der Waals surface area contributed by atoms with E-state index in [0.717, 1.165) is 82.8 Å². The third-order valence-electron chi connectivity index (χ3n) is 6.94. The number of rotatable bonds is 17. The number of nitrogens with one attached hydrogen (secondary N) is 2. The molecule has 12 nitrogen and oxygen atoms in total. The summed E-state index contributed by atoms with van der Waals surface area (Å²) in [6.07, 6.45) is 13.9. The van der Waals surface area contributed by atoms with Gasteiger partial charge >= 0.3 is 19.8 Å². The first-order chi connectivity index (χ1) is 19.1. The molecule has 40 heavy (non-hydrogen) atoms. The highest BCUT2D eigenvalue weighted by Crippen LogP contribution is 2.35. The van der Waals surface area contributed by atoms with Crippen molar-refractivity contribution in [2.75, 3.05) is 13.2 Å². The number of carbonyl (C=O) groups is 4. The first-order valence-electron chi connectivity index (χ1n) is 14.5. The molecule has 0 aromatic rings. The van der Waals surface area contributed by atoms with E-state index < -0.39 is 37.6 Å². The van der Waals surface area contributed by atoms with Gasteiger partial charge in [0.2, 0.25) is 11.8 Å². The van der Waals surface area contributed by atoms with Crippen molar-refractivity contribution < 1.29 is 47.5 Å². The minimum atomic E-state index is -4.44. The van der Waals surface area contributed by atoms with E-state index in [2.05, 4.69) is 15.2 Å². The molecule has 0 saturated heterocycles. The van der Waals surface area contributed by atoms with Gasteiger partial charge in [-0.3, -0.25) is 18.9 Å². The maximum atomic E-state index is 12.9. The van der Waals surface area contributed by atoms with Gasteiger partial charge < -0.3 is 29.9 Å². The van der Waals surface area contributed by atoms with Crippen LogP contribution in [0.4, 0.5) is 0 Å². The number of phosphoric acid groups is 1. The Labute approximate surface area is 236 Å². The number of hydrogen-bond acceptors (Lipinski definition) is 8. The highest BCUT2D eigenvalue weighted by Gasteiger charge is 2.27. The summed E-state index contributed by atoms with van der Waals surface area (Å²) in [5, 5.41) is 5.22. The van der Waals surface area contributed by atoms with Crippen LogP contribution >= 0.6 is 7.82 Å². The zero-order valence-corrected chi connectivity index (χ0v) is 24.1. The third kappa shape index (κ3) is 16.1. The monoisotopic (exact) mass is 588 g/mol. The van der Waals surface area contributed by atoms with E-state index in [4.69, 9.17) is 19.3 Å². The Kier molecular flexibility index (Phi) is 16.1. The Morgan fingerprint density at radius 3 is 2.00 bits per heavy atom. The van der Waals surface area contributed by atoms with Crippen LogP contribution in [0.25, 0.3) is 0 Å². The average molecular weight is 589 g/mol. The van der Waals surface area contributed by atoms with Gasteiger partial charge in [-0.1, -0.05) is 25.7 Å². The summed E-state index contributed by atoms with van der Waals surface area (Å²) in [5.41, 5.74) is 0. The van der Waals surface area contributed by atoms with Crippen molar-refractivity contribution in [3.63, 3.8) is 0 Å². The largest absolute Gasteiger partial charge is 0.469 e. The molecule has 0 heterocycles. The smallest absolute Gasteiger partial charge is 0.462 e. The molecule has 2 aliphatic rings. The van der Waals surface area contributed by atoms with Crippen LogP contribution < -0.4 is 10.6 Å². The molecule has 228 valence electrons. The highest BCUT2D eigenvalue weighted by molar-refractivity contribution is 7.46. The predicted molar refractivity (Wildman–Crippen MR) is 146 cm³/mol. The van der Waals surface area contributed by atoms with Gasteiger partial charge in [0.05, 0.1) is 6.61 Å². The molecule has 2 saturated carbocycles. The number of phosphoric ester groups is 1. The average Bonchev–Trinajstić information content (AvgIpc) is 2.91. The predicted octanol–water partition coefficient (Wildman–Crippen LogP) is 3.35. The summed E-state index contributed by atoms with van der Waals surface area (Å²) in [7, 11) is -4.44. The van der Waals surface area contributed by atoms with Crippen LogP contribution in [-0.2, 0) is 37.7 Å². The molecule has 0 radical (unpaired) electrons. The third-order valence-corrected chi connectivity index (χ3v) is 7.46. The Morgan fingerprint density at radius 2 is 1.38 bits per heavy atom. The summed E-state index contributed by atoms with van der Waals surface area (Å²) in [6.45, 7) is 0.328. The maximum Gasteiger partial charge on any atom is 0.469 e. The van der Waals surface area contributed by atoms with E-state index in [1.54, 1.807) is 0 Å². The van der Waals surface area contributed by atoms with Gasteiger partial charge in [-0.05, 0) is 70.6 Å². The van der Waals surface area contributed by atoms with Crippen molar-refractivity contribution in [1.29, 1.82) is 0 Å². The Balaban J connectivity index is 1.75. The number of ether oxygens (including phenoxy) is 2. The summed E-state index contributed by atoms with van der Waals surface area (Å²) in [4.78, 5) is 67.0. The standard InChI is InChI=1S/C27H45N2O10P/c30-24(28-19-9-1-2-10-20-37-40(34,35)36)16-17-25(31)29-23(27(33)39-22-13-7-4-8-14-22)15-18-26(32)38-21-11-5-3-6-12-21/h16-17,21-23H,1-15,18-20H2,(H,28,30)(H,29,31)(H2,34,35,36)/b17-16+/t23-/m0/s1. The lowest BCUT2D eigenvalue weighted by molar-refractivity contribution is -0.155. The fraction of sp³-hybridized carbons (Fsp3) is 0.778. The first-order valence-corrected chi connectivity index (χ1v) is 16.0. The molecule has 0 unspecified atom stereocenters. The molecule has 1 atom stereocenters. The first kappa shape index (κ1) is 33.9. The van der Waals surface area contributed by atoms with E-state index in [9.17, 15) is 23.7 Å². The lowest BCUT2D eigenvalue weighted by atomic mass is 9.97. The van der Waals surface area contributed by atoms with E-state index in [-0.39, 0.29) is 31.7 Å². The van der Waals surface area contributed by atoms with Crippen molar-refractivity contribution in [3.8, 4) is 0 Å². The van der Waals surface area contributed by atoms with Crippen LogP contribution in [0.5, 0.6) is 0 Å². The zero-order valence-electron chi connectivity index (χ0n) is 23.2. The van der Waals surface area contributed by atoms with E-state index >= 15 is 0 Å². The topological polar surface area (TPSA) is 178 Å². The van der Waals surface area contributed by atoms with Gasteiger partial charge in [0.1, 0.15) is 18.2 Å². The van der Waals surface area contributed by atoms with Gasteiger partial charge in [-0.2, -0.15) is 0 Å². The van der Waals surface area contributed by atoms with Gasteiger partial charge in [-0.15, -0.1) is 0 Å². The molecular weight excluding hydrogens is 543 g/mol. The fourth-order valence-electron chi connectivity index (χ4n) is 4.77. The highest BCUT2D eigenvalue weighted by atomic mass is 31.2. The molecule has 4 N–H and O–H groups in total. The van der Waals surface area contributed by atoms with E-state index in [1.165, 1.54) is 0 Å². The van der Waals surface area contributed by atoms with Crippen molar-refractivity contribution in [2.45, 2.75) is 121 Å². The number of amides is 2. The lowest BCUT2D eigenvalue weighted by Crippen LogP contribution is -2.43. The van der Waals surface area contributed by atoms with Crippen LogP contribution in [0, 0.1) is 0 Å². The molecule has 13 heteroatoms. The van der Waals surface area contributed by atoms with Crippen LogP contribution in [-0.4, -0.2) is 64.9 Å². The summed E-state index contributed by atoms with van der Waals surface area (Å²) >= 11 is 0.